The van der Waals surface area contributed by atoms with Crippen molar-refractivity contribution >= 4 is 0 Å². The summed E-state index contributed by atoms with van der Waals surface area (Å²) >= 11 is 0. The van der Waals surface area contributed by atoms with Crippen LogP contribution in [0.2, 0.25) is 0 Å². The van der Waals surface area contributed by atoms with Crippen LogP contribution in [0.4, 0.5) is 0 Å². The van der Waals surface area contributed by atoms with Crippen molar-refractivity contribution in [2.24, 2.45) is 5.92 Å². The first-order valence-electron chi connectivity index (χ1n) is 9.30. The summed E-state index contributed by atoms with van der Waals surface area (Å²) in [5.41, 5.74) is 2.20. The minimum absolute atomic E-state index is 0.0333. The van der Waals surface area contributed by atoms with Gasteiger partial charge < -0.3 is 13.7 Å². The molecule has 0 N–H and O–H groups in total. The van der Waals surface area contributed by atoms with Gasteiger partial charge in [-0.25, -0.2) is 0 Å². The van der Waals surface area contributed by atoms with Crippen LogP contribution in [0, 0.1) is 19.8 Å². The number of rotatable bonds is 4. The normalized spacial score (nSPS) is 29.9. The molecule has 4 heterocycles. The first kappa shape index (κ1) is 15.5. The molecular weight excluding hydrogens is 320 g/mol. The number of hydrogen-bond donors (Lipinski definition) is 0. The third-order valence-corrected chi connectivity index (χ3v) is 5.86. The lowest BCUT2D eigenvalue weighted by Gasteiger charge is -2.33. The molecule has 3 aliphatic rings. The van der Waals surface area contributed by atoms with Crippen molar-refractivity contribution < 1.29 is 13.7 Å². The fraction of sp³-hybridized carbons (Fsp3) is 0.722. The van der Waals surface area contributed by atoms with Crippen molar-refractivity contribution in [1.82, 2.24) is 20.3 Å². The van der Waals surface area contributed by atoms with Crippen molar-refractivity contribution in [3.8, 4) is 0 Å². The number of aryl methyl sites for hydroxylation is 2. The Hall–Kier alpha value is -1.73. The van der Waals surface area contributed by atoms with E-state index in [2.05, 4.69) is 20.3 Å². The highest BCUT2D eigenvalue weighted by atomic mass is 16.5. The third-order valence-electron chi connectivity index (χ3n) is 5.86. The van der Waals surface area contributed by atoms with Gasteiger partial charge in [0.15, 0.2) is 0 Å². The fourth-order valence-electron chi connectivity index (χ4n) is 4.12. The Morgan fingerprint density at radius 1 is 1.12 bits per heavy atom. The Morgan fingerprint density at radius 2 is 1.96 bits per heavy atom. The minimum Gasteiger partial charge on any atom is -0.422 e. The second-order valence-corrected chi connectivity index (χ2v) is 7.74. The highest BCUT2D eigenvalue weighted by Gasteiger charge is 2.42. The number of aromatic nitrogens is 3. The van der Waals surface area contributed by atoms with Gasteiger partial charge in [0, 0.05) is 24.6 Å². The lowest BCUT2D eigenvalue weighted by Crippen LogP contribution is -2.41. The number of nitrogens with zero attached hydrogens (tertiary/aromatic N) is 4. The number of piperidine rings is 1. The third kappa shape index (κ3) is 2.89. The summed E-state index contributed by atoms with van der Waals surface area (Å²) < 4.78 is 17.4. The van der Waals surface area contributed by atoms with Gasteiger partial charge in [-0.1, -0.05) is 5.16 Å². The Kier molecular flexibility index (Phi) is 3.67. The van der Waals surface area contributed by atoms with Gasteiger partial charge in [0.05, 0.1) is 11.8 Å². The van der Waals surface area contributed by atoms with Crippen LogP contribution in [0.15, 0.2) is 8.94 Å². The molecule has 5 rings (SSSR count). The van der Waals surface area contributed by atoms with Crippen LogP contribution in [0.5, 0.6) is 0 Å². The Labute approximate surface area is 146 Å². The van der Waals surface area contributed by atoms with Crippen LogP contribution in [0.25, 0.3) is 0 Å². The molecular formula is C18H24N4O3. The van der Waals surface area contributed by atoms with Crippen LogP contribution < -0.4 is 0 Å². The molecule has 3 fully saturated rings. The number of ether oxygens (including phenoxy) is 1. The van der Waals surface area contributed by atoms with E-state index in [0.29, 0.717) is 17.7 Å². The fourth-order valence-corrected chi connectivity index (χ4v) is 4.12. The SMILES string of the molecule is Cc1noc(C)c1CN1CC[C@H]2C[C@@H](c3nnc(C4CC4)o3)O[C@@H]2C1. The number of fused-ring (bicyclic) bond motifs is 1. The first-order valence-corrected chi connectivity index (χ1v) is 9.30. The molecule has 7 heteroatoms. The molecule has 2 saturated heterocycles. The highest BCUT2D eigenvalue weighted by molar-refractivity contribution is 5.20. The van der Waals surface area contributed by atoms with Crippen LogP contribution in [0.3, 0.4) is 0 Å². The second kappa shape index (κ2) is 5.92. The van der Waals surface area contributed by atoms with E-state index >= 15 is 0 Å². The van der Waals surface area contributed by atoms with E-state index in [9.17, 15) is 0 Å². The van der Waals surface area contributed by atoms with E-state index < -0.39 is 0 Å². The summed E-state index contributed by atoms with van der Waals surface area (Å²) in [6, 6.07) is 0. The van der Waals surface area contributed by atoms with Crippen molar-refractivity contribution in [3.05, 3.63) is 28.8 Å². The molecule has 0 aromatic carbocycles. The van der Waals surface area contributed by atoms with Gasteiger partial charge in [0.25, 0.3) is 0 Å². The minimum atomic E-state index is -0.0333. The largest absolute Gasteiger partial charge is 0.422 e. The number of likely N-dealkylation sites (tertiary alicyclic amines) is 1. The summed E-state index contributed by atoms with van der Waals surface area (Å²) in [7, 11) is 0. The average Bonchev–Trinajstić information content (AvgIpc) is 3.06. The van der Waals surface area contributed by atoms with Crippen LogP contribution >= 0.6 is 0 Å². The van der Waals surface area contributed by atoms with Gasteiger partial charge in [0.1, 0.15) is 11.9 Å². The first-order chi connectivity index (χ1) is 12.2. The number of hydrogen-bond acceptors (Lipinski definition) is 7. The van der Waals surface area contributed by atoms with Crippen LogP contribution in [-0.4, -0.2) is 39.4 Å². The molecule has 1 aliphatic carbocycles. The Balaban J connectivity index is 1.24. The zero-order chi connectivity index (χ0) is 17.0. The van der Waals surface area contributed by atoms with E-state index in [1.807, 2.05) is 13.8 Å². The molecule has 2 aromatic heterocycles. The van der Waals surface area contributed by atoms with Crippen molar-refractivity contribution in [2.45, 2.75) is 64.2 Å². The second-order valence-electron chi connectivity index (χ2n) is 7.74. The summed E-state index contributed by atoms with van der Waals surface area (Å²) in [6.45, 7) is 6.89. The van der Waals surface area contributed by atoms with E-state index in [1.165, 1.54) is 18.4 Å². The molecule has 7 nitrogen and oxygen atoms in total. The molecule has 0 radical (unpaired) electrons. The van der Waals surface area contributed by atoms with Crippen LogP contribution in [-0.2, 0) is 11.3 Å². The molecule has 2 aliphatic heterocycles. The molecule has 1 saturated carbocycles. The van der Waals surface area contributed by atoms with Crippen LogP contribution in [0.1, 0.15) is 66.5 Å². The van der Waals surface area contributed by atoms with E-state index in [0.717, 1.165) is 49.8 Å². The predicted molar refractivity (Wildman–Crippen MR) is 87.9 cm³/mol. The molecule has 0 spiro atoms. The molecule has 3 atom stereocenters. The lowest BCUT2D eigenvalue weighted by molar-refractivity contribution is -0.0178. The maximum Gasteiger partial charge on any atom is 0.245 e. The molecule has 0 amide bonds. The lowest BCUT2D eigenvalue weighted by atomic mass is 9.91. The molecule has 2 aromatic rings. The van der Waals surface area contributed by atoms with Gasteiger partial charge in [-0.2, -0.15) is 0 Å². The predicted octanol–water partition coefficient (Wildman–Crippen LogP) is 2.90. The summed E-state index contributed by atoms with van der Waals surface area (Å²) in [4.78, 5) is 2.44. The average molecular weight is 344 g/mol. The maximum absolute atomic E-state index is 6.30. The van der Waals surface area contributed by atoms with Gasteiger partial charge in [-0.3, -0.25) is 4.90 Å². The van der Waals surface area contributed by atoms with Gasteiger partial charge >= 0.3 is 0 Å². The van der Waals surface area contributed by atoms with Crippen molar-refractivity contribution in [2.75, 3.05) is 13.1 Å². The summed E-state index contributed by atoms with van der Waals surface area (Å²) in [5, 5.41) is 12.5. The molecule has 0 unspecified atom stereocenters. The molecule has 134 valence electrons. The standard InChI is InChI=1S/C18H24N4O3/c1-10-14(11(2)25-21-10)8-22-6-5-13-7-15(23-16(13)9-22)18-20-19-17(24-18)12-3-4-12/h12-13,15-16H,3-9H2,1-2H3/t13-,15-,16+/m0/s1. The van der Waals surface area contributed by atoms with Crippen molar-refractivity contribution in [3.63, 3.8) is 0 Å². The molecule has 25 heavy (non-hydrogen) atoms. The quantitative estimate of drug-likeness (QED) is 0.844. The maximum atomic E-state index is 6.30. The van der Waals surface area contributed by atoms with Crippen molar-refractivity contribution in [1.29, 1.82) is 0 Å². The van der Waals surface area contributed by atoms with E-state index in [-0.39, 0.29) is 12.2 Å². The highest BCUT2D eigenvalue weighted by Crippen LogP contribution is 2.43. The molecule has 0 bridgehead atoms. The topological polar surface area (TPSA) is 77.4 Å². The Bertz CT molecular complexity index is 747. The zero-order valence-electron chi connectivity index (χ0n) is 14.8. The summed E-state index contributed by atoms with van der Waals surface area (Å²) in [5.74, 6) is 3.48. The van der Waals surface area contributed by atoms with Gasteiger partial charge in [0.2, 0.25) is 11.8 Å². The van der Waals surface area contributed by atoms with Gasteiger partial charge in [-0.15, -0.1) is 10.2 Å². The van der Waals surface area contributed by atoms with Gasteiger partial charge in [-0.05, 0) is 52.0 Å². The zero-order valence-corrected chi connectivity index (χ0v) is 14.8. The van der Waals surface area contributed by atoms with E-state index in [4.69, 9.17) is 13.7 Å². The van der Waals surface area contributed by atoms with E-state index in [1.54, 1.807) is 0 Å². The Morgan fingerprint density at radius 3 is 2.72 bits per heavy atom. The smallest absolute Gasteiger partial charge is 0.245 e. The monoisotopic (exact) mass is 344 g/mol. The summed E-state index contributed by atoms with van der Waals surface area (Å²) in [6.07, 6.45) is 4.71.